The van der Waals surface area contributed by atoms with Gasteiger partial charge >= 0.3 is 0 Å². The number of halogens is 2. The number of rotatable bonds is 4. The summed E-state index contributed by atoms with van der Waals surface area (Å²) in [5.41, 5.74) is 0. The van der Waals surface area contributed by atoms with Crippen LogP contribution in [0, 0.1) is 0 Å². The van der Waals surface area contributed by atoms with Crippen molar-refractivity contribution in [1.29, 1.82) is 0 Å². The predicted octanol–water partition coefficient (Wildman–Crippen LogP) is 1.53. The van der Waals surface area contributed by atoms with Crippen molar-refractivity contribution >= 4 is 33.0 Å². The van der Waals surface area contributed by atoms with E-state index in [1.807, 2.05) is 0 Å². The van der Waals surface area contributed by atoms with Gasteiger partial charge in [-0.3, -0.25) is 0 Å². The quantitative estimate of drug-likeness (QED) is 0.604. The lowest BCUT2D eigenvalue weighted by molar-refractivity contribution is 0.590. The maximum atomic E-state index is 11.6. The van der Waals surface area contributed by atoms with E-state index in [2.05, 4.69) is 9.97 Å². The summed E-state index contributed by atoms with van der Waals surface area (Å²) in [7, 11) is -3.42. The largest absolute Gasteiger partial charge is 0.243 e. The van der Waals surface area contributed by atoms with Crippen LogP contribution in [-0.2, 0) is 9.84 Å². The van der Waals surface area contributed by atoms with Gasteiger partial charge in [0, 0.05) is 5.88 Å². The van der Waals surface area contributed by atoms with E-state index in [9.17, 15) is 8.42 Å². The van der Waals surface area contributed by atoms with Crippen molar-refractivity contribution in [1.82, 2.24) is 9.97 Å². The molecule has 0 bridgehead atoms. The molecule has 1 aromatic heterocycles. The van der Waals surface area contributed by atoms with Crippen molar-refractivity contribution in [3.8, 4) is 0 Å². The van der Waals surface area contributed by atoms with Crippen LogP contribution in [0.25, 0.3) is 0 Å². The maximum absolute atomic E-state index is 11.6. The van der Waals surface area contributed by atoms with E-state index < -0.39 is 9.84 Å². The Labute approximate surface area is 92.2 Å². The molecule has 78 valence electrons. The molecule has 14 heavy (non-hydrogen) atoms. The van der Waals surface area contributed by atoms with E-state index in [1.54, 1.807) is 0 Å². The summed E-state index contributed by atoms with van der Waals surface area (Å²) < 4.78 is 23.2. The van der Waals surface area contributed by atoms with Crippen molar-refractivity contribution in [2.45, 2.75) is 11.4 Å². The van der Waals surface area contributed by atoms with Gasteiger partial charge in [0.2, 0.25) is 0 Å². The highest BCUT2D eigenvalue weighted by Gasteiger charge is 2.18. The Balaban J connectivity index is 2.99. The molecule has 0 atom stereocenters. The summed E-state index contributed by atoms with van der Waals surface area (Å²) in [5, 5.41) is -0.0821. The molecule has 0 aliphatic heterocycles. The van der Waals surface area contributed by atoms with Gasteiger partial charge in [-0.2, -0.15) is 0 Å². The zero-order chi connectivity index (χ0) is 10.6. The van der Waals surface area contributed by atoms with E-state index in [0.717, 1.165) is 6.33 Å². The van der Waals surface area contributed by atoms with Gasteiger partial charge in [-0.15, -0.1) is 11.6 Å². The SMILES string of the molecule is O=S(=O)(CCCCl)c1ncncc1Cl. The Morgan fingerprint density at radius 1 is 1.43 bits per heavy atom. The van der Waals surface area contributed by atoms with Gasteiger partial charge in [-0.25, -0.2) is 18.4 Å². The van der Waals surface area contributed by atoms with Crippen LogP contribution < -0.4 is 0 Å². The lowest BCUT2D eigenvalue weighted by Gasteiger charge is -2.02. The third kappa shape index (κ3) is 2.80. The van der Waals surface area contributed by atoms with Gasteiger partial charge in [-0.1, -0.05) is 11.6 Å². The third-order valence-corrected chi connectivity index (χ3v) is 3.87. The minimum atomic E-state index is -3.42. The fourth-order valence-corrected chi connectivity index (χ4v) is 2.90. The van der Waals surface area contributed by atoms with Crippen molar-refractivity contribution in [3.05, 3.63) is 17.5 Å². The average molecular weight is 255 g/mol. The molecule has 0 amide bonds. The number of sulfone groups is 1. The molecule has 7 heteroatoms. The molecule has 0 radical (unpaired) electrons. The highest BCUT2D eigenvalue weighted by molar-refractivity contribution is 7.91. The topological polar surface area (TPSA) is 59.9 Å². The molecule has 0 saturated heterocycles. The molecule has 4 nitrogen and oxygen atoms in total. The Bertz CT molecular complexity index is 408. The number of hydrogen-bond acceptors (Lipinski definition) is 4. The minimum Gasteiger partial charge on any atom is -0.243 e. The first-order valence-corrected chi connectivity index (χ1v) is 6.38. The summed E-state index contributed by atoms with van der Waals surface area (Å²) in [5.74, 6) is 0.245. The second-order valence-electron chi connectivity index (χ2n) is 2.54. The summed E-state index contributed by atoms with van der Waals surface area (Å²) in [6, 6.07) is 0. The highest BCUT2D eigenvalue weighted by Crippen LogP contribution is 2.18. The Morgan fingerprint density at radius 3 is 2.71 bits per heavy atom. The monoisotopic (exact) mass is 254 g/mol. The minimum absolute atomic E-state index is 0.0436. The van der Waals surface area contributed by atoms with E-state index in [0.29, 0.717) is 12.3 Å². The fourth-order valence-electron chi connectivity index (χ4n) is 0.872. The molecular formula is C7H8Cl2N2O2S. The molecule has 1 heterocycles. The van der Waals surface area contributed by atoms with E-state index in [-0.39, 0.29) is 15.8 Å². The molecule has 0 unspecified atom stereocenters. The number of nitrogens with zero attached hydrogens (tertiary/aromatic N) is 2. The van der Waals surface area contributed by atoms with Gasteiger partial charge in [0.1, 0.15) is 6.33 Å². The summed E-state index contributed by atoms with van der Waals surface area (Å²) in [6.07, 6.45) is 2.78. The van der Waals surface area contributed by atoms with Gasteiger partial charge in [-0.05, 0) is 6.42 Å². The fraction of sp³-hybridized carbons (Fsp3) is 0.429. The van der Waals surface area contributed by atoms with Crippen molar-refractivity contribution in [2.75, 3.05) is 11.6 Å². The van der Waals surface area contributed by atoms with Crippen LogP contribution in [0.15, 0.2) is 17.6 Å². The molecular weight excluding hydrogens is 247 g/mol. The van der Waals surface area contributed by atoms with Crippen LogP contribution in [0.2, 0.25) is 5.02 Å². The average Bonchev–Trinajstić information content (AvgIpc) is 2.15. The van der Waals surface area contributed by atoms with Crippen molar-refractivity contribution in [2.24, 2.45) is 0 Å². The van der Waals surface area contributed by atoms with Crippen LogP contribution in [0.1, 0.15) is 6.42 Å². The second-order valence-corrected chi connectivity index (χ2v) is 5.35. The first-order valence-electron chi connectivity index (χ1n) is 3.82. The zero-order valence-corrected chi connectivity index (χ0v) is 9.48. The molecule has 0 spiro atoms. The number of alkyl halides is 1. The maximum Gasteiger partial charge on any atom is 0.197 e. The first-order chi connectivity index (χ1) is 6.58. The molecule has 0 aromatic carbocycles. The van der Waals surface area contributed by atoms with Crippen LogP contribution in [-0.4, -0.2) is 30.0 Å². The Kier molecular flexibility index (Phi) is 4.10. The molecule has 0 aliphatic rings. The summed E-state index contributed by atoms with van der Waals surface area (Å²) in [6.45, 7) is 0. The number of aromatic nitrogens is 2. The lowest BCUT2D eigenvalue weighted by Crippen LogP contribution is -2.10. The number of hydrogen-bond donors (Lipinski definition) is 0. The van der Waals surface area contributed by atoms with Crippen molar-refractivity contribution in [3.63, 3.8) is 0 Å². The molecule has 1 aromatic rings. The smallest absolute Gasteiger partial charge is 0.197 e. The molecule has 0 N–H and O–H groups in total. The lowest BCUT2D eigenvalue weighted by atomic mass is 10.6. The van der Waals surface area contributed by atoms with Crippen LogP contribution in [0.4, 0.5) is 0 Å². The zero-order valence-electron chi connectivity index (χ0n) is 7.15. The van der Waals surface area contributed by atoms with Gasteiger partial charge < -0.3 is 0 Å². The molecule has 0 aliphatic carbocycles. The first kappa shape index (κ1) is 11.7. The van der Waals surface area contributed by atoms with Gasteiger partial charge in [0.25, 0.3) is 0 Å². The molecule has 0 saturated carbocycles. The highest BCUT2D eigenvalue weighted by atomic mass is 35.5. The van der Waals surface area contributed by atoms with Crippen LogP contribution in [0.3, 0.4) is 0 Å². The van der Waals surface area contributed by atoms with E-state index in [4.69, 9.17) is 23.2 Å². The Hall–Kier alpha value is -0.390. The van der Waals surface area contributed by atoms with E-state index >= 15 is 0 Å². The third-order valence-electron chi connectivity index (χ3n) is 1.48. The predicted molar refractivity (Wildman–Crippen MR) is 54.4 cm³/mol. The molecule has 0 fully saturated rings. The summed E-state index contributed by atoms with van der Waals surface area (Å²) in [4.78, 5) is 7.23. The van der Waals surface area contributed by atoms with Gasteiger partial charge in [0.15, 0.2) is 14.9 Å². The van der Waals surface area contributed by atoms with Crippen molar-refractivity contribution < 1.29 is 8.42 Å². The van der Waals surface area contributed by atoms with Crippen LogP contribution >= 0.6 is 23.2 Å². The van der Waals surface area contributed by atoms with Crippen LogP contribution in [0.5, 0.6) is 0 Å². The summed E-state index contributed by atoms with van der Waals surface area (Å²) >= 11 is 11.1. The van der Waals surface area contributed by atoms with Gasteiger partial charge in [0.05, 0.1) is 17.0 Å². The second kappa shape index (κ2) is 4.91. The van der Waals surface area contributed by atoms with E-state index in [1.165, 1.54) is 6.20 Å². The standard InChI is InChI=1S/C7H8Cl2N2O2S/c8-2-1-3-14(12,13)7-6(9)4-10-5-11-7/h4-5H,1-3H2. The Morgan fingerprint density at radius 2 is 2.14 bits per heavy atom. The molecule has 1 rings (SSSR count). The normalized spacial score (nSPS) is 11.6.